The zero-order chi connectivity index (χ0) is 21.3. The van der Waals surface area contributed by atoms with E-state index >= 15 is 0 Å². The molecule has 1 amide bonds. The summed E-state index contributed by atoms with van der Waals surface area (Å²) in [4.78, 5) is 14.8. The molecule has 3 fully saturated rings. The Morgan fingerprint density at radius 1 is 0.677 bits per heavy atom. The summed E-state index contributed by atoms with van der Waals surface area (Å²) in [5.74, 6) is 0.284. The first-order valence-corrected chi connectivity index (χ1v) is 13.6. The molecule has 3 aliphatic heterocycles. The number of carbonyl (C=O) groups is 1. The van der Waals surface area contributed by atoms with E-state index in [1.54, 1.807) is 0 Å². The Kier molecular flexibility index (Phi) is 16.8. The molecule has 3 aliphatic rings. The van der Waals surface area contributed by atoms with Gasteiger partial charge >= 0.3 is 0 Å². The number of nitrogens with zero attached hydrogens (tertiary/aromatic N) is 2. The third-order valence-electron chi connectivity index (χ3n) is 7.50. The minimum atomic E-state index is 0. The molecular weight excluding hydrogens is 406 g/mol. The van der Waals surface area contributed by atoms with Crippen LogP contribution in [0.3, 0.4) is 0 Å². The van der Waals surface area contributed by atoms with E-state index < -0.39 is 0 Å². The molecule has 5 heteroatoms. The third-order valence-corrected chi connectivity index (χ3v) is 7.50. The number of quaternary nitrogens is 1. The molecule has 0 saturated carbocycles. The molecular formula is C26H52ClN3O. The number of rotatable bonds is 19. The van der Waals surface area contributed by atoms with E-state index in [-0.39, 0.29) is 18.3 Å². The average molecular weight is 458 g/mol. The molecule has 0 spiro atoms. The highest BCUT2D eigenvalue weighted by molar-refractivity contribution is 5.77. The minimum absolute atomic E-state index is 0. The van der Waals surface area contributed by atoms with Crippen LogP contribution in [-0.4, -0.2) is 67.6 Å². The smallest absolute Gasteiger partial charge is 0.275 e. The molecule has 0 radical (unpaired) electrons. The van der Waals surface area contributed by atoms with Crippen molar-refractivity contribution >= 4 is 5.91 Å². The van der Waals surface area contributed by atoms with Gasteiger partial charge in [-0.3, -0.25) is 9.69 Å². The van der Waals surface area contributed by atoms with Gasteiger partial charge in [0.15, 0.2) is 6.54 Å². The fraction of sp³-hybridized carbons (Fsp3) is 0.962. The van der Waals surface area contributed by atoms with E-state index in [2.05, 4.69) is 17.1 Å². The second kappa shape index (κ2) is 18.1. The monoisotopic (exact) mass is 457 g/mol. The van der Waals surface area contributed by atoms with Gasteiger partial charge in [-0.05, 0) is 6.42 Å². The number of halogens is 1. The van der Waals surface area contributed by atoms with Crippen LogP contribution < -0.4 is 17.7 Å². The first-order chi connectivity index (χ1) is 14.7. The van der Waals surface area contributed by atoms with Crippen molar-refractivity contribution in [3.63, 3.8) is 0 Å². The SMILES string of the molecule is CCCCCCCCCCCCCCCCCCNC(=O)C[N+]12CCN(CC1)CC2.[Cl-]. The Balaban J connectivity index is 0.00000480. The number of fused-ring (bicyclic) bond motifs is 3. The first kappa shape index (κ1) is 28.7. The quantitative estimate of drug-likeness (QED) is 0.239. The highest BCUT2D eigenvalue weighted by Crippen LogP contribution is 2.19. The van der Waals surface area contributed by atoms with Gasteiger partial charge in [0.2, 0.25) is 0 Å². The Hall–Kier alpha value is -0.320. The molecule has 0 aromatic carbocycles. The Bertz CT molecular complexity index is 425. The Morgan fingerprint density at radius 3 is 1.48 bits per heavy atom. The standard InChI is InChI=1S/C26H51N3O.ClH/c1-2-3-4-5-6-7-8-9-10-11-12-13-14-15-16-17-18-27-26(30)25-29-22-19-28(20-23-29)21-24-29;/h2-25H2,1H3;1H. The number of piperazine rings is 3. The van der Waals surface area contributed by atoms with E-state index in [1.807, 2.05) is 0 Å². The number of carbonyl (C=O) groups excluding carboxylic acids is 1. The normalized spacial score (nSPS) is 22.3. The topological polar surface area (TPSA) is 32.3 Å². The summed E-state index contributed by atoms with van der Waals surface area (Å²) in [6.07, 6.45) is 22.3. The summed E-state index contributed by atoms with van der Waals surface area (Å²) in [6.45, 7) is 11.0. The van der Waals surface area contributed by atoms with Crippen LogP contribution in [0.2, 0.25) is 0 Å². The number of nitrogens with one attached hydrogen (secondary N) is 1. The highest BCUT2D eigenvalue weighted by atomic mass is 35.5. The van der Waals surface area contributed by atoms with E-state index in [9.17, 15) is 4.79 Å². The fourth-order valence-electron chi connectivity index (χ4n) is 5.23. The largest absolute Gasteiger partial charge is 1.00 e. The van der Waals surface area contributed by atoms with E-state index in [4.69, 9.17) is 0 Å². The molecule has 184 valence electrons. The van der Waals surface area contributed by atoms with Gasteiger partial charge in [-0.2, -0.15) is 0 Å². The summed E-state index contributed by atoms with van der Waals surface area (Å²) >= 11 is 0. The lowest BCUT2D eigenvalue weighted by Crippen LogP contribution is -3.00. The lowest BCUT2D eigenvalue weighted by Gasteiger charge is -2.50. The molecule has 0 atom stereocenters. The maximum Gasteiger partial charge on any atom is 0.275 e. The van der Waals surface area contributed by atoms with Gasteiger partial charge in [-0.15, -0.1) is 0 Å². The second-order valence-electron chi connectivity index (χ2n) is 10.2. The molecule has 0 aromatic heterocycles. The van der Waals surface area contributed by atoms with Crippen LogP contribution in [-0.2, 0) is 4.79 Å². The van der Waals surface area contributed by atoms with Crippen LogP contribution in [0.1, 0.15) is 110 Å². The van der Waals surface area contributed by atoms with Gasteiger partial charge in [0, 0.05) is 26.2 Å². The van der Waals surface area contributed by atoms with Crippen molar-refractivity contribution in [3.05, 3.63) is 0 Å². The van der Waals surface area contributed by atoms with Crippen LogP contribution >= 0.6 is 0 Å². The van der Waals surface area contributed by atoms with Gasteiger partial charge < -0.3 is 22.2 Å². The maximum absolute atomic E-state index is 12.3. The summed E-state index contributed by atoms with van der Waals surface area (Å²) in [5, 5.41) is 3.19. The molecule has 31 heavy (non-hydrogen) atoms. The summed E-state index contributed by atoms with van der Waals surface area (Å²) in [5.41, 5.74) is 0. The van der Waals surface area contributed by atoms with Crippen molar-refractivity contribution in [2.24, 2.45) is 0 Å². The fourth-order valence-corrected chi connectivity index (χ4v) is 5.23. The Labute approximate surface area is 199 Å². The summed E-state index contributed by atoms with van der Waals surface area (Å²) < 4.78 is 1.04. The van der Waals surface area contributed by atoms with Gasteiger partial charge in [0.05, 0.1) is 19.6 Å². The predicted octanol–water partition coefficient (Wildman–Crippen LogP) is 2.51. The molecule has 2 bridgehead atoms. The zero-order valence-electron chi connectivity index (χ0n) is 20.7. The van der Waals surface area contributed by atoms with E-state index in [1.165, 1.54) is 136 Å². The number of amides is 1. The van der Waals surface area contributed by atoms with Crippen molar-refractivity contribution in [2.45, 2.75) is 110 Å². The average Bonchev–Trinajstić information content (AvgIpc) is 2.77. The lowest BCUT2D eigenvalue weighted by atomic mass is 10.0. The first-order valence-electron chi connectivity index (χ1n) is 13.6. The van der Waals surface area contributed by atoms with Crippen LogP contribution in [0.15, 0.2) is 0 Å². The van der Waals surface area contributed by atoms with E-state index in [0.717, 1.165) is 17.4 Å². The highest BCUT2D eigenvalue weighted by Gasteiger charge is 2.39. The molecule has 4 nitrogen and oxygen atoms in total. The van der Waals surface area contributed by atoms with Gasteiger partial charge in [-0.1, -0.05) is 103 Å². The zero-order valence-corrected chi connectivity index (χ0v) is 21.4. The minimum Gasteiger partial charge on any atom is -1.00 e. The predicted molar refractivity (Wildman–Crippen MR) is 129 cm³/mol. The van der Waals surface area contributed by atoms with Crippen molar-refractivity contribution in [3.8, 4) is 0 Å². The molecule has 3 saturated heterocycles. The maximum atomic E-state index is 12.3. The van der Waals surface area contributed by atoms with Gasteiger partial charge in [0.25, 0.3) is 5.91 Å². The van der Waals surface area contributed by atoms with Crippen LogP contribution in [0.4, 0.5) is 0 Å². The number of hydrogen-bond donors (Lipinski definition) is 1. The molecule has 3 rings (SSSR count). The van der Waals surface area contributed by atoms with Crippen molar-refractivity contribution in [2.75, 3.05) is 52.4 Å². The molecule has 0 aliphatic carbocycles. The molecule has 0 aromatic rings. The van der Waals surface area contributed by atoms with Gasteiger partial charge in [-0.25, -0.2) is 0 Å². The second-order valence-corrected chi connectivity index (χ2v) is 10.2. The van der Waals surface area contributed by atoms with Crippen LogP contribution in [0, 0.1) is 0 Å². The Morgan fingerprint density at radius 2 is 1.06 bits per heavy atom. The van der Waals surface area contributed by atoms with E-state index in [0.29, 0.717) is 6.54 Å². The number of hydrogen-bond acceptors (Lipinski definition) is 2. The van der Waals surface area contributed by atoms with Crippen LogP contribution in [0.5, 0.6) is 0 Å². The lowest BCUT2D eigenvalue weighted by molar-refractivity contribution is -0.933. The molecule has 0 unspecified atom stereocenters. The van der Waals surface area contributed by atoms with Gasteiger partial charge in [0.1, 0.15) is 0 Å². The molecule has 3 heterocycles. The molecule has 1 N–H and O–H groups in total. The van der Waals surface area contributed by atoms with Crippen molar-refractivity contribution in [1.29, 1.82) is 0 Å². The summed E-state index contributed by atoms with van der Waals surface area (Å²) in [6, 6.07) is 0. The van der Waals surface area contributed by atoms with Crippen LogP contribution in [0.25, 0.3) is 0 Å². The van der Waals surface area contributed by atoms with Crippen molar-refractivity contribution < 1.29 is 21.7 Å². The third kappa shape index (κ3) is 13.1. The summed E-state index contributed by atoms with van der Waals surface area (Å²) in [7, 11) is 0. The number of unbranched alkanes of at least 4 members (excludes halogenated alkanes) is 15. The van der Waals surface area contributed by atoms with Crippen molar-refractivity contribution in [1.82, 2.24) is 10.2 Å².